The first-order valence-electron chi connectivity index (χ1n) is 5.82. The van der Waals surface area contributed by atoms with Crippen LogP contribution in [0.25, 0.3) is 0 Å². The highest BCUT2D eigenvalue weighted by Gasteiger charge is 2.10. The minimum atomic E-state index is -0.448. The van der Waals surface area contributed by atoms with E-state index in [1.165, 1.54) is 18.3 Å². The zero-order chi connectivity index (χ0) is 13.7. The van der Waals surface area contributed by atoms with Crippen molar-refractivity contribution in [2.45, 2.75) is 13.1 Å². The van der Waals surface area contributed by atoms with Crippen LogP contribution in [-0.2, 0) is 13.1 Å². The second-order valence-corrected chi connectivity index (χ2v) is 3.87. The summed E-state index contributed by atoms with van der Waals surface area (Å²) in [6.45, 7) is 1.01. The number of hydrogen-bond acceptors (Lipinski definition) is 4. The Bertz CT molecular complexity index is 569. The molecule has 0 unspecified atom stereocenters. The highest BCUT2D eigenvalue weighted by atomic mass is 19.1. The van der Waals surface area contributed by atoms with Gasteiger partial charge >= 0.3 is 0 Å². The van der Waals surface area contributed by atoms with E-state index in [0.29, 0.717) is 13.1 Å². The lowest BCUT2D eigenvalue weighted by Crippen LogP contribution is -2.24. The van der Waals surface area contributed by atoms with Crippen molar-refractivity contribution >= 4 is 5.91 Å². The van der Waals surface area contributed by atoms with Crippen LogP contribution in [0, 0.1) is 5.82 Å². The fourth-order valence-corrected chi connectivity index (χ4v) is 1.54. The summed E-state index contributed by atoms with van der Waals surface area (Å²) in [6.07, 6.45) is 3.14. The van der Waals surface area contributed by atoms with E-state index in [1.807, 2.05) is 0 Å². The maximum atomic E-state index is 13.3. The van der Waals surface area contributed by atoms with Crippen molar-refractivity contribution in [3.63, 3.8) is 0 Å². The van der Waals surface area contributed by atoms with Crippen molar-refractivity contribution in [1.29, 1.82) is 0 Å². The second kappa shape index (κ2) is 6.05. The van der Waals surface area contributed by atoms with Crippen LogP contribution >= 0.6 is 0 Å². The molecule has 0 bridgehead atoms. The van der Waals surface area contributed by atoms with E-state index in [-0.39, 0.29) is 23.8 Å². The van der Waals surface area contributed by atoms with Crippen LogP contribution in [-0.4, -0.2) is 27.2 Å². The first kappa shape index (κ1) is 13.2. The Kier molecular flexibility index (Phi) is 4.19. The summed E-state index contributed by atoms with van der Waals surface area (Å²) < 4.78 is 14.9. The van der Waals surface area contributed by atoms with Gasteiger partial charge in [0.05, 0.1) is 18.8 Å². The molecule has 0 saturated carbocycles. The number of halogens is 1. The highest BCUT2D eigenvalue weighted by molar-refractivity contribution is 5.92. The summed E-state index contributed by atoms with van der Waals surface area (Å²) in [4.78, 5) is 15.6. The molecule has 3 N–H and O–H groups in total. The Morgan fingerprint density at radius 1 is 1.47 bits per heavy atom. The Morgan fingerprint density at radius 3 is 3.05 bits per heavy atom. The van der Waals surface area contributed by atoms with Crippen LogP contribution < -0.4 is 11.1 Å². The van der Waals surface area contributed by atoms with Crippen molar-refractivity contribution in [3.8, 4) is 0 Å². The zero-order valence-corrected chi connectivity index (χ0v) is 10.2. The van der Waals surface area contributed by atoms with Gasteiger partial charge in [0.1, 0.15) is 11.5 Å². The Labute approximate surface area is 109 Å². The Balaban J connectivity index is 1.95. The topological polar surface area (TPSA) is 85.8 Å². The minimum Gasteiger partial charge on any atom is -0.345 e. The number of amides is 1. The van der Waals surface area contributed by atoms with E-state index in [0.717, 1.165) is 0 Å². The lowest BCUT2D eigenvalue weighted by atomic mass is 10.3. The fraction of sp³-hybridized carbons (Fsp3) is 0.250. The number of pyridine rings is 1. The molecule has 0 atom stereocenters. The average molecular weight is 263 g/mol. The summed E-state index contributed by atoms with van der Waals surface area (Å²) in [7, 11) is 0. The molecule has 0 spiro atoms. The summed E-state index contributed by atoms with van der Waals surface area (Å²) in [6, 6.07) is 4.37. The van der Waals surface area contributed by atoms with Gasteiger partial charge in [0.25, 0.3) is 5.91 Å². The van der Waals surface area contributed by atoms with Crippen LogP contribution in [0.3, 0.4) is 0 Å². The molecule has 2 heterocycles. The van der Waals surface area contributed by atoms with Gasteiger partial charge in [-0.25, -0.2) is 4.39 Å². The number of carbonyl (C=O) groups excluding carboxylic acids is 1. The number of nitrogens with one attached hydrogen (secondary N) is 1. The number of nitrogens with zero attached hydrogens (tertiary/aromatic N) is 3. The predicted molar refractivity (Wildman–Crippen MR) is 66.6 cm³/mol. The van der Waals surface area contributed by atoms with Crippen molar-refractivity contribution in [2.24, 2.45) is 5.73 Å². The molecular formula is C12H14FN5O. The minimum absolute atomic E-state index is 0.0231. The van der Waals surface area contributed by atoms with E-state index in [9.17, 15) is 9.18 Å². The van der Waals surface area contributed by atoms with Crippen LogP contribution in [0.15, 0.2) is 30.6 Å². The van der Waals surface area contributed by atoms with E-state index >= 15 is 0 Å². The first-order chi connectivity index (χ1) is 9.20. The molecule has 100 valence electrons. The van der Waals surface area contributed by atoms with Crippen LogP contribution in [0.5, 0.6) is 0 Å². The largest absolute Gasteiger partial charge is 0.345 e. The molecule has 0 fully saturated rings. The highest BCUT2D eigenvalue weighted by Crippen LogP contribution is 2.02. The third-order valence-electron chi connectivity index (χ3n) is 2.48. The standard InChI is InChI=1S/C12H14FN5O/c13-9-2-1-5-15-11(9)8-16-12(19)10-3-6-18(17-10)7-4-14/h1-3,5-6H,4,7-8,14H2,(H,16,19). The molecule has 6 nitrogen and oxygen atoms in total. The van der Waals surface area contributed by atoms with E-state index < -0.39 is 5.82 Å². The number of nitrogens with two attached hydrogens (primary N) is 1. The van der Waals surface area contributed by atoms with Gasteiger partial charge in [-0.1, -0.05) is 0 Å². The number of rotatable bonds is 5. The maximum absolute atomic E-state index is 13.3. The van der Waals surface area contributed by atoms with Crippen LogP contribution in [0.4, 0.5) is 4.39 Å². The number of hydrogen-bond donors (Lipinski definition) is 2. The van der Waals surface area contributed by atoms with Crippen molar-refractivity contribution < 1.29 is 9.18 Å². The molecule has 2 aromatic heterocycles. The lowest BCUT2D eigenvalue weighted by molar-refractivity contribution is 0.0944. The fourth-order valence-electron chi connectivity index (χ4n) is 1.54. The van der Waals surface area contributed by atoms with Crippen molar-refractivity contribution in [2.75, 3.05) is 6.54 Å². The monoisotopic (exact) mass is 263 g/mol. The molecule has 0 saturated heterocycles. The van der Waals surface area contributed by atoms with Gasteiger partial charge in [-0.3, -0.25) is 14.5 Å². The quantitative estimate of drug-likeness (QED) is 0.812. The third kappa shape index (κ3) is 3.35. The molecule has 0 aliphatic rings. The molecule has 0 aliphatic carbocycles. The average Bonchev–Trinajstić information content (AvgIpc) is 2.87. The molecule has 19 heavy (non-hydrogen) atoms. The van der Waals surface area contributed by atoms with Gasteiger partial charge in [0.2, 0.25) is 0 Å². The van der Waals surface area contributed by atoms with Crippen molar-refractivity contribution in [3.05, 3.63) is 47.8 Å². The smallest absolute Gasteiger partial charge is 0.272 e. The van der Waals surface area contributed by atoms with Crippen molar-refractivity contribution in [1.82, 2.24) is 20.1 Å². The zero-order valence-electron chi connectivity index (χ0n) is 10.2. The molecule has 2 rings (SSSR count). The predicted octanol–water partition coefficient (Wildman–Crippen LogP) is 0.306. The summed E-state index contributed by atoms with van der Waals surface area (Å²) in [5, 5.41) is 6.61. The number of aromatic nitrogens is 3. The third-order valence-corrected chi connectivity index (χ3v) is 2.48. The van der Waals surface area contributed by atoms with E-state index in [2.05, 4.69) is 15.4 Å². The molecule has 7 heteroatoms. The Morgan fingerprint density at radius 2 is 2.32 bits per heavy atom. The van der Waals surface area contributed by atoms with Gasteiger partial charge < -0.3 is 11.1 Å². The summed E-state index contributed by atoms with van der Waals surface area (Å²) >= 11 is 0. The van der Waals surface area contributed by atoms with Gasteiger partial charge in [-0.2, -0.15) is 5.10 Å². The lowest BCUT2D eigenvalue weighted by Gasteiger charge is -2.03. The molecule has 2 aromatic rings. The Hall–Kier alpha value is -2.28. The normalized spacial score (nSPS) is 10.4. The van der Waals surface area contributed by atoms with E-state index in [4.69, 9.17) is 5.73 Å². The summed E-state index contributed by atoms with van der Waals surface area (Å²) in [5.74, 6) is -0.822. The van der Waals surface area contributed by atoms with Crippen LogP contribution in [0.2, 0.25) is 0 Å². The van der Waals surface area contributed by atoms with Gasteiger partial charge in [0, 0.05) is 18.9 Å². The van der Waals surface area contributed by atoms with Gasteiger partial charge in [-0.15, -0.1) is 0 Å². The molecule has 0 aromatic carbocycles. The first-order valence-corrected chi connectivity index (χ1v) is 5.82. The van der Waals surface area contributed by atoms with Gasteiger partial charge in [-0.05, 0) is 18.2 Å². The van der Waals surface area contributed by atoms with Crippen LogP contribution in [0.1, 0.15) is 16.2 Å². The second-order valence-electron chi connectivity index (χ2n) is 3.87. The van der Waals surface area contributed by atoms with E-state index in [1.54, 1.807) is 16.9 Å². The molecular weight excluding hydrogens is 249 g/mol. The molecule has 0 aliphatic heterocycles. The maximum Gasteiger partial charge on any atom is 0.272 e. The molecule has 1 amide bonds. The molecule has 0 radical (unpaired) electrons. The van der Waals surface area contributed by atoms with Gasteiger partial charge in [0.15, 0.2) is 0 Å². The summed E-state index contributed by atoms with van der Waals surface area (Å²) in [5.41, 5.74) is 5.85. The SMILES string of the molecule is NCCn1ccc(C(=O)NCc2ncccc2F)n1. The number of carbonyl (C=O) groups is 1.